The number of methoxy groups -OCH3 is 1. The van der Waals surface area contributed by atoms with Crippen LogP contribution in [0.4, 0.5) is 0 Å². The van der Waals surface area contributed by atoms with Crippen LogP contribution in [-0.2, 0) is 21.0 Å². The molecule has 0 saturated carbocycles. The lowest BCUT2D eigenvalue weighted by Crippen LogP contribution is -2.41. The maximum absolute atomic E-state index is 13.3. The van der Waals surface area contributed by atoms with Crippen LogP contribution < -0.4 is 9.47 Å². The Morgan fingerprint density at radius 1 is 0.947 bits per heavy atom. The van der Waals surface area contributed by atoms with Crippen molar-refractivity contribution in [3.63, 3.8) is 0 Å². The summed E-state index contributed by atoms with van der Waals surface area (Å²) in [7, 11) is 1.53. The van der Waals surface area contributed by atoms with Crippen molar-refractivity contribution < 1.29 is 29.0 Å². The fourth-order valence-corrected chi connectivity index (χ4v) is 6.12. The van der Waals surface area contributed by atoms with Crippen LogP contribution in [0.15, 0.2) is 58.9 Å². The molecule has 38 heavy (non-hydrogen) atoms. The molecule has 0 atom stereocenters. The lowest BCUT2D eigenvalue weighted by Gasteiger charge is -2.43. The summed E-state index contributed by atoms with van der Waals surface area (Å²) in [5, 5.41) is 10.6. The molecular weight excluding hydrogens is 529 g/mol. The third kappa shape index (κ3) is 4.93. The van der Waals surface area contributed by atoms with Crippen molar-refractivity contribution >= 4 is 40.7 Å². The van der Waals surface area contributed by atoms with E-state index < -0.39 is 11.9 Å². The number of carbonyl (C=O) groups is 3. The molecule has 3 aliphatic rings. The van der Waals surface area contributed by atoms with E-state index in [1.54, 1.807) is 35.2 Å². The largest absolute Gasteiger partial charge is 0.493 e. The van der Waals surface area contributed by atoms with Crippen molar-refractivity contribution in [2.45, 2.75) is 51.0 Å². The van der Waals surface area contributed by atoms with Crippen LogP contribution in [0, 0.1) is 0 Å². The van der Waals surface area contributed by atoms with Crippen LogP contribution in [0.5, 0.6) is 11.5 Å². The smallest absolute Gasteiger partial charge is 0.323 e. The number of halogens is 2. The maximum atomic E-state index is 13.3. The minimum atomic E-state index is -0.998. The highest BCUT2D eigenvalue weighted by molar-refractivity contribution is 6.35. The molecule has 0 aromatic heterocycles. The van der Waals surface area contributed by atoms with E-state index in [4.69, 9.17) is 32.7 Å². The third-order valence-electron chi connectivity index (χ3n) is 7.30. The number of aliphatic carboxylic acids is 1. The van der Waals surface area contributed by atoms with Gasteiger partial charge in [0.15, 0.2) is 23.1 Å². The fraction of sp³-hybridized carbons (Fsp3) is 0.345. The van der Waals surface area contributed by atoms with E-state index in [9.17, 15) is 19.5 Å². The van der Waals surface area contributed by atoms with Gasteiger partial charge in [0.2, 0.25) is 0 Å². The predicted molar refractivity (Wildman–Crippen MR) is 143 cm³/mol. The van der Waals surface area contributed by atoms with Gasteiger partial charge in [-0.1, -0.05) is 35.3 Å². The molecule has 0 amide bonds. The van der Waals surface area contributed by atoms with Gasteiger partial charge in [-0.2, -0.15) is 0 Å². The van der Waals surface area contributed by atoms with Gasteiger partial charge in [-0.25, -0.2) is 0 Å². The van der Waals surface area contributed by atoms with Gasteiger partial charge < -0.3 is 19.5 Å². The number of hydrogen-bond acceptors (Lipinski definition) is 6. The Bertz CT molecular complexity index is 1350. The van der Waals surface area contributed by atoms with E-state index in [-0.39, 0.29) is 24.7 Å². The maximum Gasteiger partial charge on any atom is 0.323 e. The molecule has 7 nitrogen and oxygen atoms in total. The fourth-order valence-electron chi connectivity index (χ4n) is 5.65. The summed E-state index contributed by atoms with van der Waals surface area (Å²) in [5.74, 6) is -0.724. The number of carboxylic acids is 1. The molecule has 2 aliphatic carbocycles. The number of benzene rings is 2. The number of rotatable bonds is 7. The molecule has 1 heterocycles. The second-order valence-corrected chi connectivity index (χ2v) is 10.5. The highest BCUT2D eigenvalue weighted by atomic mass is 35.5. The molecule has 2 aromatic rings. The van der Waals surface area contributed by atoms with E-state index in [1.807, 2.05) is 6.07 Å². The van der Waals surface area contributed by atoms with Gasteiger partial charge in [0, 0.05) is 56.9 Å². The molecule has 1 N–H and O–H groups in total. The SMILES string of the molecule is COc1cc(C2C3=C(CCCC3=O)N(CC(=O)O)C3=C2C(=O)CCC3)ccc1OCc1ccc(Cl)cc1Cl. The first kappa shape index (κ1) is 26.3. The summed E-state index contributed by atoms with van der Waals surface area (Å²) in [6.07, 6.45) is 3.23. The van der Waals surface area contributed by atoms with Gasteiger partial charge in [0.25, 0.3) is 0 Å². The van der Waals surface area contributed by atoms with Crippen LogP contribution >= 0.6 is 23.2 Å². The highest BCUT2D eigenvalue weighted by Crippen LogP contribution is 2.50. The number of ether oxygens (including phenoxy) is 2. The molecule has 0 radical (unpaired) electrons. The van der Waals surface area contributed by atoms with Gasteiger partial charge in [0.05, 0.1) is 7.11 Å². The van der Waals surface area contributed by atoms with Crippen molar-refractivity contribution in [3.8, 4) is 11.5 Å². The number of Topliss-reactive ketones (excluding diaryl/α,β-unsaturated/α-hetero) is 2. The normalized spacial score (nSPS) is 17.9. The molecular formula is C29H27Cl2NO6. The van der Waals surface area contributed by atoms with E-state index in [0.29, 0.717) is 71.2 Å². The summed E-state index contributed by atoms with van der Waals surface area (Å²) in [4.78, 5) is 40.1. The number of hydrogen-bond donors (Lipinski definition) is 1. The van der Waals surface area contributed by atoms with Crippen molar-refractivity contribution in [1.29, 1.82) is 0 Å². The minimum Gasteiger partial charge on any atom is -0.493 e. The Kier molecular flexibility index (Phi) is 7.50. The summed E-state index contributed by atoms with van der Waals surface area (Å²) in [6.45, 7) is -0.0742. The summed E-state index contributed by atoms with van der Waals surface area (Å²) >= 11 is 12.3. The van der Waals surface area contributed by atoms with Crippen LogP contribution in [-0.4, -0.2) is 41.2 Å². The number of carbonyl (C=O) groups excluding carboxylic acids is 2. The molecule has 0 unspecified atom stereocenters. The Hall–Kier alpha value is -3.29. The van der Waals surface area contributed by atoms with Crippen molar-refractivity contribution in [2.75, 3.05) is 13.7 Å². The average Bonchev–Trinajstić information content (AvgIpc) is 2.89. The molecule has 0 spiro atoms. The standard InChI is InChI=1S/C29H27Cl2NO6/c1-37-25-12-16(9-11-24(25)38-15-17-8-10-18(30)13-19(17)31)27-28-20(4-2-6-22(28)33)32(14-26(35)36)21-5-3-7-23(34)29(21)27/h8-13,27H,2-7,14-15H2,1H3,(H,35,36). The second kappa shape index (κ2) is 10.8. The average molecular weight is 556 g/mol. The Labute approximate surface area is 230 Å². The number of carboxylic acid groups (broad SMARTS) is 1. The lowest BCUT2D eigenvalue weighted by atomic mass is 9.71. The van der Waals surface area contributed by atoms with E-state index in [2.05, 4.69) is 0 Å². The van der Waals surface area contributed by atoms with Crippen molar-refractivity contribution in [1.82, 2.24) is 4.90 Å². The zero-order valence-corrected chi connectivity index (χ0v) is 22.4. The Morgan fingerprint density at radius 3 is 2.18 bits per heavy atom. The van der Waals surface area contributed by atoms with E-state index in [0.717, 1.165) is 22.5 Å². The second-order valence-electron chi connectivity index (χ2n) is 9.62. The number of allylic oxidation sites excluding steroid dienone is 4. The van der Waals surface area contributed by atoms with Gasteiger partial charge in [-0.05, 0) is 55.5 Å². The molecule has 2 aromatic carbocycles. The summed E-state index contributed by atoms with van der Waals surface area (Å²) < 4.78 is 11.7. The minimum absolute atomic E-state index is 0.0479. The van der Waals surface area contributed by atoms with Crippen LogP contribution in [0.1, 0.15) is 55.6 Å². The molecule has 0 saturated heterocycles. The third-order valence-corrected chi connectivity index (χ3v) is 7.89. The van der Waals surface area contributed by atoms with E-state index in [1.165, 1.54) is 7.11 Å². The van der Waals surface area contributed by atoms with Crippen LogP contribution in [0.2, 0.25) is 10.0 Å². The van der Waals surface area contributed by atoms with E-state index >= 15 is 0 Å². The van der Waals surface area contributed by atoms with Gasteiger partial charge >= 0.3 is 5.97 Å². The molecule has 0 bridgehead atoms. The van der Waals surface area contributed by atoms with Crippen LogP contribution in [0.3, 0.4) is 0 Å². The molecule has 0 fully saturated rings. The molecule has 198 valence electrons. The Balaban J connectivity index is 1.56. The highest BCUT2D eigenvalue weighted by Gasteiger charge is 2.43. The number of ketones is 2. The van der Waals surface area contributed by atoms with Crippen molar-refractivity contribution in [2.24, 2.45) is 0 Å². The van der Waals surface area contributed by atoms with Gasteiger partial charge in [-0.15, -0.1) is 0 Å². The molecule has 1 aliphatic heterocycles. The first-order valence-electron chi connectivity index (χ1n) is 12.5. The first-order valence-corrected chi connectivity index (χ1v) is 13.3. The molecule has 5 rings (SSSR count). The van der Waals surface area contributed by atoms with Crippen molar-refractivity contribution in [3.05, 3.63) is 80.1 Å². The van der Waals surface area contributed by atoms with Crippen LogP contribution in [0.25, 0.3) is 0 Å². The zero-order chi connectivity index (χ0) is 27.0. The predicted octanol–water partition coefficient (Wildman–Crippen LogP) is 6.08. The summed E-state index contributed by atoms with van der Waals surface area (Å²) in [6, 6.07) is 10.6. The molecule has 9 heteroatoms. The first-order chi connectivity index (χ1) is 18.3. The summed E-state index contributed by atoms with van der Waals surface area (Å²) in [5.41, 5.74) is 3.99. The van der Waals surface area contributed by atoms with Gasteiger partial charge in [-0.3, -0.25) is 14.4 Å². The van der Waals surface area contributed by atoms with Gasteiger partial charge in [0.1, 0.15) is 13.2 Å². The Morgan fingerprint density at radius 2 is 1.61 bits per heavy atom. The lowest BCUT2D eigenvalue weighted by molar-refractivity contribution is -0.138. The number of nitrogens with zero attached hydrogens (tertiary/aromatic N) is 1. The quantitative estimate of drug-likeness (QED) is 0.442. The topological polar surface area (TPSA) is 93.1 Å². The zero-order valence-electron chi connectivity index (χ0n) is 20.9. The monoisotopic (exact) mass is 555 g/mol.